The van der Waals surface area contributed by atoms with Crippen LogP contribution in [0, 0.1) is 11.8 Å². The second-order valence-corrected chi connectivity index (χ2v) is 7.83. The molecule has 116 valence electrons. The summed E-state index contributed by atoms with van der Waals surface area (Å²) in [6, 6.07) is 4.67. The number of carbonyl (C=O) groups is 1. The Morgan fingerprint density at radius 1 is 1.38 bits per heavy atom. The molecule has 2 aliphatic rings. The van der Waals surface area contributed by atoms with Crippen LogP contribution in [0.1, 0.15) is 56.9 Å². The van der Waals surface area contributed by atoms with E-state index in [9.17, 15) is 9.90 Å². The zero-order chi connectivity index (χ0) is 15.0. The number of hydrogen-bond acceptors (Lipinski definition) is 3. The summed E-state index contributed by atoms with van der Waals surface area (Å²) in [4.78, 5) is 15.5. The Morgan fingerprint density at radius 2 is 2.14 bits per heavy atom. The summed E-state index contributed by atoms with van der Waals surface area (Å²) < 4.78 is 0. The van der Waals surface area contributed by atoms with Crippen LogP contribution in [0.15, 0.2) is 17.5 Å². The first-order valence-corrected chi connectivity index (χ1v) is 9.01. The van der Waals surface area contributed by atoms with Gasteiger partial charge in [-0.25, -0.2) is 0 Å². The van der Waals surface area contributed by atoms with E-state index in [2.05, 4.69) is 36.3 Å². The quantitative estimate of drug-likeness (QED) is 0.908. The Labute approximate surface area is 131 Å². The molecule has 2 fully saturated rings. The highest BCUT2D eigenvalue weighted by molar-refractivity contribution is 7.10. The van der Waals surface area contributed by atoms with Gasteiger partial charge in [0.2, 0.25) is 0 Å². The molecule has 0 aromatic carbocycles. The third kappa shape index (κ3) is 2.76. The first kappa shape index (κ1) is 15.0. The Balaban J connectivity index is 1.96. The van der Waals surface area contributed by atoms with Crippen LogP contribution in [-0.4, -0.2) is 28.1 Å². The molecule has 0 spiro atoms. The van der Waals surface area contributed by atoms with E-state index in [0.717, 1.165) is 6.42 Å². The van der Waals surface area contributed by atoms with Gasteiger partial charge in [0.25, 0.3) is 0 Å². The van der Waals surface area contributed by atoms with E-state index in [-0.39, 0.29) is 12.1 Å². The van der Waals surface area contributed by atoms with Crippen molar-refractivity contribution in [2.24, 2.45) is 11.8 Å². The topological polar surface area (TPSA) is 40.5 Å². The fourth-order valence-electron chi connectivity index (χ4n) is 4.40. The lowest BCUT2D eigenvalue weighted by Gasteiger charge is -2.40. The molecule has 21 heavy (non-hydrogen) atoms. The maximum absolute atomic E-state index is 11.8. The summed E-state index contributed by atoms with van der Waals surface area (Å²) in [6.45, 7) is 4.44. The summed E-state index contributed by atoms with van der Waals surface area (Å²) in [5.74, 6) is 0.388. The molecule has 3 rings (SSSR count). The summed E-state index contributed by atoms with van der Waals surface area (Å²) >= 11 is 1.76. The standard InChI is InChI=1S/C17H25NO2S/c1-11(2)16(15-8-5-9-21-15)18-13-7-4-3-6-12(13)10-14(18)17(19)20/h5,8-9,11-14,16H,3-4,6-7,10H2,1-2H3,(H,19,20). The number of carboxylic acid groups (broad SMARTS) is 1. The molecule has 4 unspecified atom stereocenters. The third-order valence-corrected chi connectivity index (χ3v) is 6.15. The zero-order valence-corrected chi connectivity index (χ0v) is 13.7. The van der Waals surface area contributed by atoms with Crippen molar-refractivity contribution in [2.45, 2.75) is 64.1 Å². The van der Waals surface area contributed by atoms with E-state index in [1.807, 2.05) is 0 Å². The summed E-state index contributed by atoms with van der Waals surface area (Å²) in [5.41, 5.74) is 0. The first-order chi connectivity index (χ1) is 10.1. The van der Waals surface area contributed by atoms with Crippen LogP contribution in [0.4, 0.5) is 0 Å². The smallest absolute Gasteiger partial charge is 0.320 e. The number of nitrogens with zero attached hydrogens (tertiary/aromatic N) is 1. The van der Waals surface area contributed by atoms with Crippen molar-refractivity contribution in [1.82, 2.24) is 4.90 Å². The van der Waals surface area contributed by atoms with Gasteiger partial charge in [-0.2, -0.15) is 0 Å². The molecule has 4 heteroatoms. The maximum Gasteiger partial charge on any atom is 0.320 e. The van der Waals surface area contributed by atoms with Crippen LogP contribution < -0.4 is 0 Å². The van der Waals surface area contributed by atoms with Gasteiger partial charge in [-0.05, 0) is 42.5 Å². The van der Waals surface area contributed by atoms with Gasteiger partial charge >= 0.3 is 5.97 Å². The molecule has 0 bridgehead atoms. The number of rotatable bonds is 4. The number of carboxylic acids is 1. The highest BCUT2D eigenvalue weighted by atomic mass is 32.1. The Bertz CT molecular complexity index is 485. The molecule has 1 N–H and O–H groups in total. The highest BCUT2D eigenvalue weighted by Crippen LogP contribution is 2.46. The van der Waals surface area contributed by atoms with Gasteiger partial charge in [0, 0.05) is 17.0 Å². The highest BCUT2D eigenvalue weighted by Gasteiger charge is 2.49. The fraction of sp³-hybridized carbons (Fsp3) is 0.706. The Hall–Kier alpha value is -0.870. The molecule has 1 aromatic heterocycles. The average molecular weight is 307 g/mol. The number of fused-ring (bicyclic) bond motifs is 1. The molecule has 1 aliphatic carbocycles. The minimum absolute atomic E-state index is 0.249. The van der Waals surface area contributed by atoms with Gasteiger partial charge in [0.15, 0.2) is 0 Å². The van der Waals surface area contributed by atoms with Crippen LogP contribution in [0.5, 0.6) is 0 Å². The van der Waals surface area contributed by atoms with E-state index >= 15 is 0 Å². The maximum atomic E-state index is 11.8. The van der Waals surface area contributed by atoms with Gasteiger partial charge in [-0.3, -0.25) is 9.69 Å². The van der Waals surface area contributed by atoms with Crippen molar-refractivity contribution in [3.05, 3.63) is 22.4 Å². The molecule has 1 saturated carbocycles. The number of hydrogen-bond donors (Lipinski definition) is 1. The van der Waals surface area contributed by atoms with Crippen molar-refractivity contribution in [3.8, 4) is 0 Å². The number of thiophene rings is 1. The van der Waals surface area contributed by atoms with Gasteiger partial charge < -0.3 is 5.11 Å². The van der Waals surface area contributed by atoms with Crippen molar-refractivity contribution in [3.63, 3.8) is 0 Å². The minimum atomic E-state index is -0.633. The first-order valence-electron chi connectivity index (χ1n) is 8.13. The lowest BCUT2D eigenvalue weighted by atomic mass is 9.84. The normalized spacial score (nSPS) is 31.3. The third-order valence-electron chi connectivity index (χ3n) is 5.21. The van der Waals surface area contributed by atoms with E-state index in [1.54, 1.807) is 11.3 Å². The van der Waals surface area contributed by atoms with Gasteiger partial charge in [-0.15, -0.1) is 11.3 Å². The van der Waals surface area contributed by atoms with Crippen LogP contribution in [0.3, 0.4) is 0 Å². The van der Waals surface area contributed by atoms with Crippen molar-refractivity contribution in [2.75, 3.05) is 0 Å². The number of aliphatic carboxylic acids is 1. The van der Waals surface area contributed by atoms with Crippen LogP contribution in [0.25, 0.3) is 0 Å². The molecule has 0 radical (unpaired) electrons. The van der Waals surface area contributed by atoms with Crippen molar-refractivity contribution in [1.29, 1.82) is 0 Å². The monoisotopic (exact) mass is 307 g/mol. The van der Waals surface area contributed by atoms with Crippen molar-refractivity contribution < 1.29 is 9.90 Å². The predicted molar refractivity (Wildman–Crippen MR) is 85.5 cm³/mol. The van der Waals surface area contributed by atoms with Crippen molar-refractivity contribution >= 4 is 17.3 Å². The molecule has 1 aliphatic heterocycles. The molecule has 2 heterocycles. The molecule has 0 amide bonds. The molecule has 3 nitrogen and oxygen atoms in total. The lowest BCUT2D eigenvalue weighted by Crippen LogP contribution is -2.45. The minimum Gasteiger partial charge on any atom is -0.480 e. The lowest BCUT2D eigenvalue weighted by molar-refractivity contribution is -0.144. The van der Waals surface area contributed by atoms with Gasteiger partial charge in [0.1, 0.15) is 6.04 Å². The largest absolute Gasteiger partial charge is 0.480 e. The van der Waals surface area contributed by atoms with Crippen LogP contribution in [0.2, 0.25) is 0 Å². The zero-order valence-electron chi connectivity index (χ0n) is 12.9. The summed E-state index contributed by atoms with van der Waals surface area (Å²) in [7, 11) is 0. The van der Waals surface area contributed by atoms with Crippen LogP contribution >= 0.6 is 11.3 Å². The predicted octanol–water partition coefficient (Wildman–Crippen LogP) is 4.16. The second kappa shape index (κ2) is 6.09. The molecular weight excluding hydrogens is 282 g/mol. The second-order valence-electron chi connectivity index (χ2n) is 6.85. The summed E-state index contributed by atoms with van der Waals surface area (Å²) in [5, 5.41) is 11.8. The van der Waals surface area contributed by atoms with E-state index in [1.165, 1.54) is 30.6 Å². The molecule has 4 atom stereocenters. The van der Waals surface area contributed by atoms with Gasteiger partial charge in [0.05, 0.1) is 0 Å². The molecular formula is C17H25NO2S. The van der Waals surface area contributed by atoms with E-state index in [0.29, 0.717) is 17.9 Å². The van der Waals surface area contributed by atoms with E-state index < -0.39 is 5.97 Å². The van der Waals surface area contributed by atoms with E-state index in [4.69, 9.17) is 0 Å². The Morgan fingerprint density at radius 3 is 2.76 bits per heavy atom. The SMILES string of the molecule is CC(C)C(c1cccs1)N1C(C(=O)O)CC2CCCCC21. The van der Waals surface area contributed by atoms with Crippen LogP contribution in [-0.2, 0) is 4.79 Å². The van der Waals surface area contributed by atoms with Gasteiger partial charge in [-0.1, -0.05) is 32.8 Å². The number of likely N-dealkylation sites (tertiary alicyclic amines) is 1. The average Bonchev–Trinajstić information content (AvgIpc) is 3.07. The molecule has 1 saturated heterocycles. The molecule has 1 aromatic rings. The Kier molecular flexibility index (Phi) is 4.36. The fourth-order valence-corrected chi connectivity index (χ4v) is 5.41. The summed E-state index contributed by atoms with van der Waals surface area (Å²) in [6.07, 6.45) is 5.74.